The Labute approximate surface area is 101 Å². The molecule has 0 aliphatic rings. The summed E-state index contributed by atoms with van der Waals surface area (Å²) in [6.07, 6.45) is 0. The summed E-state index contributed by atoms with van der Waals surface area (Å²) in [6.45, 7) is 0. The number of benzene rings is 2. The van der Waals surface area contributed by atoms with Crippen molar-refractivity contribution >= 4 is 53.2 Å². The molecule has 0 saturated carbocycles. The first-order chi connectivity index (χ1) is 7.61. The summed E-state index contributed by atoms with van der Waals surface area (Å²) in [5.41, 5.74) is 8.27. The normalized spacial score (nSPS) is 10.2. The molecule has 74 valence electrons. The van der Waals surface area contributed by atoms with Crippen LogP contribution in [0, 0.1) is 0 Å². The Bertz CT molecular complexity index is 494. The Kier molecular flexibility index (Phi) is 3.00. The van der Waals surface area contributed by atoms with Gasteiger partial charge in [-0.25, -0.2) is 0 Å². The van der Waals surface area contributed by atoms with Gasteiger partial charge in [-0.15, -0.1) is 0 Å². The lowest BCUT2D eigenvalue weighted by Gasteiger charge is -2.16. The fourth-order valence-corrected chi connectivity index (χ4v) is 2.25. The molecule has 0 heterocycles. The zero-order valence-corrected chi connectivity index (χ0v) is 10.5. The summed E-state index contributed by atoms with van der Waals surface area (Å²) in [5, 5.41) is 0. The molecule has 0 nitrogen and oxygen atoms in total. The SMILES string of the molecule is Bc1cc(B)c(B)c(-c2ccccc2)c1B. The van der Waals surface area contributed by atoms with Crippen LogP contribution in [0.2, 0.25) is 0 Å². The van der Waals surface area contributed by atoms with Crippen LogP contribution in [0.4, 0.5) is 0 Å². The van der Waals surface area contributed by atoms with Crippen molar-refractivity contribution in [2.45, 2.75) is 0 Å². The molecule has 0 N–H and O–H groups in total. The van der Waals surface area contributed by atoms with Gasteiger partial charge in [0.1, 0.15) is 31.4 Å². The largest absolute Gasteiger partial charge is 0.139 e. The van der Waals surface area contributed by atoms with Crippen molar-refractivity contribution in [1.82, 2.24) is 0 Å². The lowest BCUT2D eigenvalue weighted by Crippen LogP contribution is -2.41. The highest BCUT2D eigenvalue weighted by Gasteiger charge is 2.08. The summed E-state index contributed by atoms with van der Waals surface area (Å²) < 4.78 is 0. The van der Waals surface area contributed by atoms with Gasteiger partial charge in [-0.2, -0.15) is 0 Å². The fourth-order valence-electron chi connectivity index (χ4n) is 2.25. The van der Waals surface area contributed by atoms with E-state index in [1.165, 1.54) is 33.0 Å². The molecule has 2 rings (SSSR count). The van der Waals surface area contributed by atoms with E-state index in [-0.39, 0.29) is 0 Å². The minimum Gasteiger partial charge on any atom is -0.0951 e. The van der Waals surface area contributed by atoms with Crippen molar-refractivity contribution in [2.75, 3.05) is 0 Å². The molecule has 2 aromatic rings. The van der Waals surface area contributed by atoms with E-state index in [2.05, 4.69) is 67.8 Å². The Morgan fingerprint density at radius 2 is 1.19 bits per heavy atom. The van der Waals surface area contributed by atoms with Gasteiger partial charge < -0.3 is 0 Å². The lowest BCUT2D eigenvalue weighted by atomic mass is 9.66. The Balaban J connectivity index is 2.74. The fraction of sp³-hybridized carbons (Fsp3) is 0. The molecule has 4 heteroatoms. The van der Waals surface area contributed by atoms with Crippen LogP contribution in [0.3, 0.4) is 0 Å². The van der Waals surface area contributed by atoms with E-state index in [0.29, 0.717) is 0 Å². The average molecular weight is 201 g/mol. The minimum atomic E-state index is 1.32. The molecular weight excluding hydrogens is 187 g/mol. The highest BCUT2D eigenvalue weighted by molar-refractivity contribution is 6.59. The molecule has 0 aliphatic carbocycles. The molecule has 2 aromatic carbocycles. The van der Waals surface area contributed by atoms with Crippen LogP contribution in [0.5, 0.6) is 0 Å². The summed E-state index contributed by atoms with van der Waals surface area (Å²) >= 11 is 0. The van der Waals surface area contributed by atoms with Gasteiger partial charge in [-0.3, -0.25) is 0 Å². The predicted octanol–water partition coefficient (Wildman–Crippen LogP) is -3.61. The van der Waals surface area contributed by atoms with E-state index in [1.807, 2.05) is 0 Å². The zero-order chi connectivity index (χ0) is 11.7. The molecule has 0 aromatic heterocycles. The third-order valence-electron chi connectivity index (χ3n) is 3.43. The van der Waals surface area contributed by atoms with Crippen LogP contribution < -0.4 is 21.9 Å². The van der Waals surface area contributed by atoms with Crippen LogP contribution in [-0.4, -0.2) is 31.4 Å². The van der Waals surface area contributed by atoms with E-state index >= 15 is 0 Å². The van der Waals surface area contributed by atoms with Gasteiger partial charge in [0.25, 0.3) is 0 Å². The van der Waals surface area contributed by atoms with E-state index in [1.54, 1.807) is 0 Å². The van der Waals surface area contributed by atoms with Crippen molar-refractivity contribution in [2.24, 2.45) is 0 Å². The highest BCUT2D eigenvalue weighted by Crippen LogP contribution is 2.12. The highest BCUT2D eigenvalue weighted by atomic mass is 14.1. The second kappa shape index (κ2) is 4.29. The van der Waals surface area contributed by atoms with Crippen LogP contribution >= 0.6 is 0 Å². The van der Waals surface area contributed by atoms with Crippen LogP contribution in [0.25, 0.3) is 11.1 Å². The maximum absolute atomic E-state index is 2.27. The van der Waals surface area contributed by atoms with Crippen LogP contribution in [-0.2, 0) is 0 Å². The second-order valence-corrected chi connectivity index (χ2v) is 4.50. The molecule has 16 heavy (non-hydrogen) atoms. The van der Waals surface area contributed by atoms with Gasteiger partial charge in [0.05, 0.1) is 0 Å². The maximum Gasteiger partial charge on any atom is 0.139 e. The molecule has 0 atom stereocenters. The maximum atomic E-state index is 2.27. The van der Waals surface area contributed by atoms with E-state index < -0.39 is 0 Å². The van der Waals surface area contributed by atoms with Crippen LogP contribution in [0.1, 0.15) is 0 Å². The Morgan fingerprint density at radius 3 is 1.69 bits per heavy atom. The molecular formula is C12H14B4. The van der Waals surface area contributed by atoms with Gasteiger partial charge in [0.2, 0.25) is 0 Å². The Morgan fingerprint density at radius 1 is 0.688 bits per heavy atom. The topological polar surface area (TPSA) is 0 Å². The van der Waals surface area contributed by atoms with Gasteiger partial charge in [0.15, 0.2) is 0 Å². The van der Waals surface area contributed by atoms with Crippen LogP contribution in [0.15, 0.2) is 36.4 Å². The minimum absolute atomic E-state index is 1.32. The predicted molar refractivity (Wildman–Crippen MR) is 84.6 cm³/mol. The monoisotopic (exact) mass is 202 g/mol. The smallest absolute Gasteiger partial charge is 0.0951 e. The summed E-state index contributed by atoms with van der Waals surface area (Å²) in [4.78, 5) is 0. The van der Waals surface area contributed by atoms with Gasteiger partial charge in [0, 0.05) is 0 Å². The van der Waals surface area contributed by atoms with Crippen molar-refractivity contribution in [3.05, 3.63) is 36.4 Å². The molecule has 0 aliphatic heterocycles. The third-order valence-corrected chi connectivity index (χ3v) is 3.43. The summed E-state index contributed by atoms with van der Waals surface area (Å²) in [7, 11) is 8.80. The summed E-state index contributed by atoms with van der Waals surface area (Å²) in [5.74, 6) is 0. The zero-order valence-electron chi connectivity index (χ0n) is 10.5. The van der Waals surface area contributed by atoms with Crippen molar-refractivity contribution in [3.63, 3.8) is 0 Å². The molecule has 0 spiro atoms. The summed E-state index contributed by atoms with van der Waals surface area (Å²) in [6, 6.07) is 12.9. The molecule has 0 radical (unpaired) electrons. The van der Waals surface area contributed by atoms with E-state index in [4.69, 9.17) is 0 Å². The van der Waals surface area contributed by atoms with E-state index in [9.17, 15) is 0 Å². The lowest BCUT2D eigenvalue weighted by molar-refractivity contribution is 1.69. The van der Waals surface area contributed by atoms with Gasteiger partial charge in [-0.1, -0.05) is 58.2 Å². The second-order valence-electron chi connectivity index (χ2n) is 4.50. The molecule has 0 amide bonds. The third kappa shape index (κ3) is 1.84. The number of hydrogen-bond donors (Lipinski definition) is 0. The van der Waals surface area contributed by atoms with Gasteiger partial charge >= 0.3 is 0 Å². The van der Waals surface area contributed by atoms with Crippen molar-refractivity contribution in [3.8, 4) is 11.1 Å². The first kappa shape index (κ1) is 11.2. The first-order valence-corrected chi connectivity index (χ1v) is 5.74. The quantitative estimate of drug-likeness (QED) is 0.418. The van der Waals surface area contributed by atoms with Crippen molar-refractivity contribution < 1.29 is 0 Å². The first-order valence-electron chi connectivity index (χ1n) is 5.74. The molecule has 0 bridgehead atoms. The number of rotatable bonds is 1. The average Bonchev–Trinajstić information content (AvgIpc) is 2.28. The van der Waals surface area contributed by atoms with Crippen molar-refractivity contribution in [1.29, 1.82) is 0 Å². The molecule has 0 fully saturated rings. The van der Waals surface area contributed by atoms with E-state index in [0.717, 1.165) is 0 Å². The van der Waals surface area contributed by atoms with Gasteiger partial charge in [-0.05, 0) is 11.1 Å². The standard InChI is InChI=1S/C12H14B4/c13-8-6-9(14)12(16)10(11(8)15)7-4-2-1-3-5-7/h1-6H,13-16H2. The number of hydrogen-bond acceptors (Lipinski definition) is 0. The molecule has 0 saturated heterocycles. The molecule has 0 unspecified atom stereocenters. The Hall–Kier alpha value is -1.30.